The van der Waals surface area contributed by atoms with Crippen molar-refractivity contribution in [3.8, 4) is 0 Å². The summed E-state index contributed by atoms with van der Waals surface area (Å²) in [4.78, 5) is 9.87. The fraction of sp³-hybridized carbons (Fsp3) is 0.423. The number of amides is 1. The van der Waals surface area contributed by atoms with Crippen molar-refractivity contribution in [1.29, 1.82) is 0 Å². The van der Waals surface area contributed by atoms with E-state index in [0.717, 1.165) is 30.7 Å². The van der Waals surface area contributed by atoms with E-state index < -0.39 is 0 Å². The third-order valence-electron chi connectivity index (χ3n) is 5.76. The summed E-state index contributed by atoms with van der Waals surface area (Å²) < 4.78 is 5.70. The molecule has 0 radical (unpaired) electrons. The van der Waals surface area contributed by atoms with Gasteiger partial charge in [-0.1, -0.05) is 67.1 Å². The van der Waals surface area contributed by atoms with Gasteiger partial charge in [0.05, 0.1) is 17.9 Å². The largest absolute Gasteiger partial charge is 1.00 e. The number of hydrogen-bond acceptors (Lipinski definition) is 4. The predicted octanol–water partition coefficient (Wildman–Crippen LogP) is 2.13. The Morgan fingerprint density at radius 2 is 1.94 bits per heavy atom. The molecule has 1 aliphatic carbocycles. The summed E-state index contributed by atoms with van der Waals surface area (Å²) >= 11 is 5.88. The molecule has 174 valence electrons. The molecule has 2 N–H and O–H groups in total. The molecule has 1 saturated heterocycles. The average Bonchev–Trinajstić information content (AvgIpc) is 3.30. The van der Waals surface area contributed by atoms with Crippen molar-refractivity contribution in [3.05, 3.63) is 76.4 Å². The number of halogens is 1. The number of nitrogens with one attached hydrogen (secondary N) is 1. The number of carbonyl (C=O) groups is 1. The number of aliphatic hydroxyl groups is 1. The van der Waals surface area contributed by atoms with Crippen molar-refractivity contribution in [2.45, 2.75) is 45.4 Å². The number of aryl methyl sites for hydroxylation is 1. The van der Waals surface area contributed by atoms with E-state index >= 15 is 0 Å². The van der Waals surface area contributed by atoms with Crippen molar-refractivity contribution in [2.24, 2.45) is 11.8 Å². The Balaban J connectivity index is 0.000000417. The van der Waals surface area contributed by atoms with Crippen molar-refractivity contribution < 1.29 is 49.3 Å². The van der Waals surface area contributed by atoms with Crippen LogP contribution in [0.25, 0.3) is 6.08 Å². The molecule has 1 aliphatic heterocycles. The maximum Gasteiger partial charge on any atom is 1.00 e. The number of benzene rings is 1. The molecule has 1 saturated carbocycles. The average molecular weight is 482 g/mol. The van der Waals surface area contributed by atoms with Crippen LogP contribution in [0.3, 0.4) is 0 Å². The minimum absolute atomic E-state index is 0. The van der Waals surface area contributed by atoms with Gasteiger partial charge in [-0.25, -0.2) is 0 Å². The van der Waals surface area contributed by atoms with Crippen molar-refractivity contribution >= 4 is 24.1 Å². The van der Waals surface area contributed by atoms with Crippen LogP contribution in [0.1, 0.15) is 49.7 Å². The molecule has 1 aromatic rings. The van der Waals surface area contributed by atoms with Gasteiger partial charge in [0.15, 0.2) is 0 Å². The number of hydrogen-bond donors (Lipinski definition) is 2. The fourth-order valence-electron chi connectivity index (χ4n) is 3.97. The Kier molecular flexibility index (Phi) is 14.3. The van der Waals surface area contributed by atoms with E-state index in [9.17, 15) is 9.90 Å². The molecule has 0 spiro atoms. The molecular weight excluding hydrogens is 449 g/mol. The predicted molar refractivity (Wildman–Crippen MR) is 128 cm³/mol. The molecule has 1 heterocycles. The van der Waals surface area contributed by atoms with Crippen LogP contribution in [0, 0.1) is 18.8 Å². The van der Waals surface area contributed by atoms with Gasteiger partial charge in [0.1, 0.15) is 5.76 Å². The zero-order valence-electron chi connectivity index (χ0n) is 19.7. The second-order valence-electron chi connectivity index (χ2n) is 8.20. The Bertz CT molecular complexity index is 842. The molecule has 2 fully saturated rings. The van der Waals surface area contributed by atoms with Gasteiger partial charge in [-0.15, -0.1) is 12.3 Å². The molecule has 3 rings (SSSR count). The van der Waals surface area contributed by atoms with Gasteiger partial charge in [-0.05, 0) is 43.4 Å². The van der Waals surface area contributed by atoms with Crippen LogP contribution in [0.2, 0.25) is 0 Å². The number of aliphatic hydroxyl groups excluding tert-OH is 1. The van der Waals surface area contributed by atoms with Crippen molar-refractivity contribution in [1.82, 2.24) is 5.32 Å². The monoisotopic (exact) mass is 481 g/mol. The van der Waals surface area contributed by atoms with Crippen molar-refractivity contribution in [2.75, 3.05) is 13.2 Å². The smallest absolute Gasteiger partial charge is 0.875 e. The Labute approximate surface area is 224 Å². The summed E-state index contributed by atoms with van der Waals surface area (Å²) in [6.07, 6.45) is 12.3. The summed E-state index contributed by atoms with van der Waals surface area (Å²) in [5.41, 5.74) is 2.77. The van der Waals surface area contributed by atoms with Gasteiger partial charge in [-0.2, -0.15) is 0 Å². The number of allylic oxidation sites excluding steroid dienone is 4. The van der Waals surface area contributed by atoms with Gasteiger partial charge in [0.25, 0.3) is 0 Å². The first-order chi connectivity index (χ1) is 15.4. The maximum absolute atomic E-state index is 11.8. The SMILES string of the molecule is C=C([O-])C1CCOC(=C/c2ccc(C)cc2)/C1=C\C(Cl)=C\O.O=CNCCC1CCCC1.[Na+]. The molecule has 5 nitrogen and oxygen atoms in total. The number of rotatable bonds is 7. The maximum atomic E-state index is 11.8. The summed E-state index contributed by atoms with van der Waals surface area (Å²) in [7, 11) is 0. The van der Waals surface area contributed by atoms with E-state index in [1.807, 2.05) is 37.3 Å². The standard InChI is InChI=1S/C18H19ClO3.C8H15NO.Na/c1-12-3-5-14(6-4-12)9-18-17(10-15(19)11-20)16(13(2)21)7-8-22-18;10-7-9-6-5-8-3-1-2-4-8;/h3-6,9-11,16,20-21H,2,7-8H2,1H3;7-8H,1-6H2,(H,9,10);/q;;+1/p-1/b15-11-,17-10-,18-9+;;. The number of ether oxygens (including phenoxy) is 1. The van der Waals surface area contributed by atoms with Crippen LogP contribution in [0.4, 0.5) is 0 Å². The summed E-state index contributed by atoms with van der Waals surface area (Å²) in [5.74, 6) is 0.912. The second-order valence-corrected chi connectivity index (χ2v) is 8.64. The summed E-state index contributed by atoms with van der Waals surface area (Å²) in [6.45, 7) is 6.84. The molecule has 1 atom stereocenters. The fourth-order valence-corrected chi connectivity index (χ4v) is 4.09. The van der Waals surface area contributed by atoms with Crippen LogP contribution in [0.15, 0.2) is 65.3 Å². The molecule has 1 unspecified atom stereocenters. The van der Waals surface area contributed by atoms with Gasteiger partial charge in [0.2, 0.25) is 6.41 Å². The Morgan fingerprint density at radius 1 is 1.27 bits per heavy atom. The Morgan fingerprint density at radius 3 is 2.52 bits per heavy atom. The van der Waals surface area contributed by atoms with E-state index in [1.54, 1.807) is 6.08 Å². The van der Waals surface area contributed by atoms with E-state index in [2.05, 4.69) is 11.9 Å². The quantitative estimate of drug-likeness (QED) is 0.270. The van der Waals surface area contributed by atoms with Gasteiger partial charge in [-0.3, -0.25) is 4.79 Å². The minimum atomic E-state index is -0.376. The first-order valence-corrected chi connectivity index (χ1v) is 11.5. The normalized spacial score (nSPS) is 20.9. The van der Waals surface area contributed by atoms with Crippen LogP contribution < -0.4 is 40.0 Å². The molecule has 33 heavy (non-hydrogen) atoms. The molecule has 2 aliphatic rings. The Hall–Kier alpha value is -1.66. The third kappa shape index (κ3) is 10.4. The van der Waals surface area contributed by atoms with E-state index in [4.69, 9.17) is 21.4 Å². The van der Waals surface area contributed by atoms with Gasteiger partial charge >= 0.3 is 29.6 Å². The zero-order valence-corrected chi connectivity index (χ0v) is 22.4. The first kappa shape index (κ1) is 29.4. The van der Waals surface area contributed by atoms with Crippen molar-refractivity contribution in [3.63, 3.8) is 0 Å². The van der Waals surface area contributed by atoms with Gasteiger partial charge in [0, 0.05) is 18.0 Å². The molecule has 0 aromatic heterocycles. The van der Waals surface area contributed by atoms with Crippen LogP contribution in [-0.2, 0) is 9.53 Å². The summed E-state index contributed by atoms with van der Waals surface area (Å²) in [5, 5.41) is 23.6. The molecule has 0 bridgehead atoms. The van der Waals surface area contributed by atoms with Crippen LogP contribution >= 0.6 is 11.6 Å². The summed E-state index contributed by atoms with van der Waals surface area (Å²) in [6, 6.07) is 7.96. The molecule has 7 heteroatoms. The van der Waals surface area contributed by atoms with Crippen LogP contribution in [-0.4, -0.2) is 24.7 Å². The molecule has 1 aromatic carbocycles. The topological polar surface area (TPSA) is 81.6 Å². The second kappa shape index (κ2) is 16.0. The van der Waals surface area contributed by atoms with E-state index in [-0.39, 0.29) is 46.3 Å². The first-order valence-electron chi connectivity index (χ1n) is 11.1. The third-order valence-corrected chi connectivity index (χ3v) is 5.97. The van der Waals surface area contributed by atoms with E-state index in [0.29, 0.717) is 24.4 Å². The molecule has 1 amide bonds. The molecular formula is C26H33ClNNaO4. The zero-order chi connectivity index (χ0) is 23.3. The number of carbonyl (C=O) groups excluding carboxylic acids is 1. The van der Waals surface area contributed by atoms with Crippen LogP contribution in [0.5, 0.6) is 0 Å². The minimum Gasteiger partial charge on any atom is -0.875 e. The van der Waals surface area contributed by atoms with E-state index in [1.165, 1.54) is 37.7 Å². The van der Waals surface area contributed by atoms with Gasteiger partial charge < -0.3 is 20.3 Å².